The lowest BCUT2D eigenvalue weighted by Crippen LogP contribution is -2.24. The summed E-state index contributed by atoms with van der Waals surface area (Å²) in [6, 6.07) is -0.0355. The number of nitrogens with zero attached hydrogens (tertiary/aromatic N) is 4. The zero-order chi connectivity index (χ0) is 14.9. The molecule has 2 aromatic rings. The largest absolute Gasteiger partial charge is 0.493 e. The highest BCUT2D eigenvalue weighted by atomic mass is 32.1. The summed E-state index contributed by atoms with van der Waals surface area (Å²) in [6.45, 7) is 6.42. The molecule has 0 aromatic carbocycles. The van der Waals surface area contributed by atoms with Crippen LogP contribution in [0.15, 0.2) is 6.20 Å². The van der Waals surface area contributed by atoms with Crippen LogP contribution in [0, 0.1) is 0 Å². The van der Waals surface area contributed by atoms with Crippen molar-refractivity contribution in [1.29, 1.82) is 0 Å². The minimum atomic E-state index is -0.0523. The highest BCUT2D eigenvalue weighted by molar-refractivity contribution is 7.05. The van der Waals surface area contributed by atoms with Gasteiger partial charge in [0.2, 0.25) is 0 Å². The Kier molecular flexibility index (Phi) is 4.10. The summed E-state index contributed by atoms with van der Waals surface area (Å²) in [6.07, 6.45) is 1.73. The van der Waals surface area contributed by atoms with E-state index in [1.165, 1.54) is 11.5 Å². The maximum Gasteiger partial charge on any atom is 0.161 e. The highest BCUT2D eigenvalue weighted by Gasteiger charge is 2.30. The van der Waals surface area contributed by atoms with E-state index in [-0.39, 0.29) is 11.5 Å². The summed E-state index contributed by atoms with van der Waals surface area (Å²) < 4.78 is 11.4. The minimum absolute atomic E-state index is 0.0355. The fourth-order valence-corrected chi connectivity index (χ4v) is 3.19. The van der Waals surface area contributed by atoms with Crippen LogP contribution >= 0.6 is 11.5 Å². The van der Waals surface area contributed by atoms with Gasteiger partial charge in [-0.25, -0.2) is 0 Å². The molecule has 0 spiro atoms. The molecule has 1 N–H and O–H groups in total. The summed E-state index contributed by atoms with van der Waals surface area (Å²) in [5, 5.41) is 11.9. The first-order valence-electron chi connectivity index (χ1n) is 6.46. The molecule has 110 valence electrons. The topological polar surface area (TPSA) is 64.9 Å². The maximum atomic E-state index is 5.41. The normalized spacial score (nSPS) is 13.5. The van der Waals surface area contributed by atoms with Crippen LogP contribution in [0.25, 0.3) is 0 Å². The van der Waals surface area contributed by atoms with Gasteiger partial charge in [0.25, 0.3) is 0 Å². The Morgan fingerprint density at radius 3 is 2.65 bits per heavy atom. The van der Waals surface area contributed by atoms with Crippen LogP contribution in [0.1, 0.15) is 43.1 Å². The van der Waals surface area contributed by atoms with Gasteiger partial charge in [0, 0.05) is 12.5 Å². The third-order valence-corrected chi connectivity index (χ3v) is 4.01. The second-order valence-corrected chi connectivity index (χ2v) is 6.46. The first-order valence-corrected chi connectivity index (χ1v) is 7.23. The third-order valence-electron chi connectivity index (χ3n) is 3.22. The molecule has 0 aliphatic heterocycles. The number of ether oxygens (including phenoxy) is 1. The Balaban J connectivity index is 2.54. The van der Waals surface area contributed by atoms with Crippen LogP contribution < -0.4 is 10.1 Å². The van der Waals surface area contributed by atoms with E-state index < -0.39 is 0 Å². The molecule has 0 saturated carbocycles. The van der Waals surface area contributed by atoms with Crippen LogP contribution in [0.5, 0.6) is 5.75 Å². The minimum Gasteiger partial charge on any atom is -0.493 e. The molecule has 0 saturated heterocycles. The van der Waals surface area contributed by atoms with Gasteiger partial charge in [0.1, 0.15) is 5.69 Å². The van der Waals surface area contributed by atoms with Gasteiger partial charge in [-0.2, -0.15) is 5.10 Å². The SMILES string of the molecule is CNC(c1snnc1C(C)(C)C)c1c(OC)cnn1C. The van der Waals surface area contributed by atoms with Crippen molar-refractivity contribution in [3.8, 4) is 5.75 Å². The molecule has 2 aromatic heterocycles. The van der Waals surface area contributed by atoms with Crippen molar-refractivity contribution in [2.24, 2.45) is 7.05 Å². The fourth-order valence-electron chi connectivity index (χ4n) is 2.21. The van der Waals surface area contributed by atoms with Gasteiger partial charge in [-0.05, 0) is 18.6 Å². The zero-order valence-corrected chi connectivity index (χ0v) is 13.6. The Labute approximate surface area is 123 Å². The van der Waals surface area contributed by atoms with E-state index in [0.29, 0.717) is 0 Å². The molecule has 0 amide bonds. The van der Waals surface area contributed by atoms with Crippen molar-refractivity contribution >= 4 is 11.5 Å². The van der Waals surface area contributed by atoms with E-state index in [4.69, 9.17) is 4.74 Å². The molecule has 0 fully saturated rings. The first-order chi connectivity index (χ1) is 9.40. The van der Waals surface area contributed by atoms with Crippen LogP contribution in [0.2, 0.25) is 0 Å². The van der Waals surface area contributed by atoms with Crippen molar-refractivity contribution in [2.45, 2.75) is 32.2 Å². The summed E-state index contributed by atoms with van der Waals surface area (Å²) in [5.41, 5.74) is 1.93. The molecule has 0 aliphatic rings. The second kappa shape index (κ2) is 5.49. The van der Waals surface area contributed by atoms with E-state index in [2.05, 4.69) is 40.8 Å². The molecule has 7 heteroatoms. The summed E-state index contributed by atoms with van der Waals surface area (Å²) in [4.78, 5) is 1.10. The van der Waals surface area contributed by atoms with E-state index in [1.807, 2.05) is 18.8 Å². The molecule has 2 heterocycles. The number of rotatable bonds is 4. The summed E-state index contributed by atoms with van der Waals surface area (Å²) in [5.74, 6) is 0.764. The molecule has 2 rings (SSSR count). The van der Waals surface area contributed by atoms with Gasteiger partial charge in [0.15, 0.2) is 5.75 Å². The van der Waals surface area contributed by atoms with E-state index in [0.717, 1.165) is 22.0 Å². The van der Waals surface area contributed by atoms with Crippen molar-refractivity contribution in [3.63, 3.8) is 0 Å². The van der Waals surface area contributed by atoms with E-state index in [1.54, 1.807) is 13.3 Å². The van der Waals surface area contributed by atoms with Crippen LogP contribution in [0.4, 0.5) is 0 Å². The van der Waals surface area contributed by atoms with Gasteiger partial charge in [-0.3, -0.25) is 4.68 Å². The molecule has 0 bridgehead atoms. The molecule has 0 radical (unpaired) electrons. The van der Waals surface area contributed by atoms with Gasteiger partial charge in [0.05, 0.1) is 29.9 Å². The smallest absolute Gasteiger partial charge is 0.161 e. The number of nitrogens with one attached hydrogen (secondary N) is 1. The predicted octanol–water partition coefficient (Wildman–Crippen LogP) is 1.89. The molecular weight excluding hydrogens is 274 g/mol. The quantitative estimate of drug-likeness (QED) is 0.933. The lowest BCUT2D eigenvalue weighted by Gasteiger charge is -2.22. The number of aryl methyl sites for hydroxylation is 1. The Hall–Kier alpha value is -1.47. The van der Waals surface area contributed by atoms with Gasteiger partial charge in [-0.15, -0.1) is 5.10 Å². The molecule has 1 unspecified atom stereocenters. The van der Waals surface area contributed by atoms with Crippen LogP contribution in [-0.4, -0.2) is 33.5 Å². The second-order valence-electron chi connectivity index (χ2n) is 5.68. The van der Waals surface area contributed by atoms with Gasteiger partial charge >= 0.3 is 0 Å². The zero-order valence-electron chi connectivity index (χ0n) is 12.8. The summed E-state index contributed by atoms with van der Waals surface area (Å²) in [7, 11) is 5.49. The molecule has 0 aliphatic carbocycles. The van der Waals surface area contributed by atoms with Crippen molar-refractivity contribution in [2.75, 3.05) is 14.2 Å². The van der Waals surface area contributed by atoms with Gasteiger partial charge < -0.3 is 10.1 Å². The van der Waals surface area contributed by atoms with Crippen LogP contribution in [-0.2, 0) is 12.5 Å². The molecule has 6 nitrogen and oxygen atoms in total. The lowest BCUT2D eigenvalue weighted by atomic mass is 9.89. The standard InChI is InChI=1S/C13H21N5OS/c1-13(2,3)12-11(20-17-16-12)9(14-4)10-8(19-6)7-15-18(10)5/h7,9,14H,1-6H3. The predicted molar refractivity (Wildman–Crippen MR) is 79.3 cm³/mol. The Morgan fingerprint density at radius 2 is 2.10 bits per heavy atom. The van der Waals surface area contributed by atoms with E-state index in [9.17, 15) is 0 Å². The molecule has 20 heavy (non-hydrogen) atoms. The Morgan fingerprint density at radius 1 is 1.40 bits per heavy atom. The number of aromatic nitrogens is 4. The van der Waals surface area contributed by atoms with Crippen molar-refractivity contribution in [3.05, 3.63) is 22.5 Å². The van der Waals surface area contributed by atoms with Crippen molar-refractivity contribution < 1.29 is 4.74 Å². The first kappa shape index (κ1) is 14.9. The molecular formula is C13H21N5OS. The monoisotopic (exact) mass is 295 g/mol. The Bertz CT molecular complexity index is 584. The number of methoxy groups -OCH3 is 1. The van der Waals surface area contributed by atoms with Crippen LogP contribution in [0.3, 0.4) is 0 Å². The van der Waals surface area contributed by atoms with Crippen molar-refractivity contribution in [1.82, 2.24) is 24.7 Å². The van der Waals surface area contributed by atoms with Gasteiger partial charge in [-0.1, -0.05) is 25.3 Å². The average molecular weight is 295 g/mol. The molecule has 1 atom stereocenters. The highest BCUT2D eigenvalue weighted by Crippen LogP contribution is 2.36. The summed E-state index contributed by atoms with van der Waals surface area (Å²) >= 11 is 1.41. The third kappa shape index (κ3) is 2.55. The maximum absolute atomic E-state index is 5.41. The van der Waals surface area contributed by atoms with E-state index >= 15 is 0 Å². The number of hydrogen-bond acceptors (Lipinski definition) is 6. The lowest BCUT2D eigenvalue weighted by molar-refractivity contribution is 0.402. The average Bonchev–Trinajstić information content (AvgIpc) is 2.98. The number of hydrogen-bond donors (Lipinski definition) is 1. The fraction of sp³-hybridized carbons (Fsp3) is 0.615.